The first-order valence-corrected chi connectivity index (χ1v) is 6.81. The summed E-state index contributed by atoms with van der Waals surface area (Å²) in [5.74, 6) is 0.276. The van der Waals surface area contributed by atoms with E-state index < -0.39 is 0 Å². The second-order valence-corrected chi connectivity index (χ2v) is 5.97. The van der Waals surface area contributed by atoms with Crippen LogP contribution in [0.1, 0.15) is 24.3 Å². The van der Waals surface area contributed by atoms with Crippen molar-refractivity contribution in [1.29, 1.82) is 0 Å². The monoisotopic (exact) mass is 267 g/mol. The van der Waals surface area contributed by atoms with E-state index in [9.17, 15) is 4.79 Å². The number of fused-ring (bicyclic) bond motifs is 1. The molecule has 0 fully saturated rings. The summed E-state index contributed by atoms with van der Waals surface area (Å²) in [7, 11) is 0. The molecule has 0 aliphatic carbocycles. The number of Topliss-reactive ketones (excluding diaryl/α,β-unsaturated/α-hetero) is 1. The summed E-state index contributed by atoms with van der Waals surface area (Å²) in [6.07, 6.45) is 2.61. The van der Waals surface area contributed by atoms with Gasteiger partial charge in [-0.2, -0.15) is 0 Å². The molecule has 0 saturated heterocycles. The zero-order valence-corrected chi connectivity index (χ0v) is 10.4. The third-order valence-corrected chi connectivity index (χ3v) is 4.56. The Labute approximate surface area is 95.1 Å². The zero-order chi connectivity index (χ0) is 10.7. The topological polar surface area (TPSA) is 30.0 Å². The minimum atomic E-state index is 0.276. The molecule has 0 unspecified atom stereocenters. The van der Waals surface area contributed by atoms with Gasteiger partial charge in [0.1, 0.15) is 0 Å². The summed E-state index contributed by atoms with van der Waals surface area (Å²) in [6, 6.07) is 8.30. The van der Waals surface area contributed by atoms with Gasteiger partial charge in [-0.3, -0.25) is 0 Å². The normalized spacial score (nSPS) is 10.7. The van der Waals surface area contributed by atoms with E-state index in [1.807, 2.05) is 6.07 Å². The second-order valence-electron chi connectivity index (χ2n) is 3.63. The van der Waals surface area contributed by atoms with Gasteiger partial charge >= 0.3 is 94.9 Å². The van der Waals surface area contributed by atoms with Crippen molar-refractivity contribution in [1.82, 2.24) is 4.98 Å². The Balaban J connectivity index is 2.05. The molecule has 0 saturated carbocycles. The van der Waals surface area contributed by atoms with Gasteiger partial charge in [0.15, 0.2) is 0 Å². The molecule has 0 bridgehead atoms. The van der Waals surface area contributed by atoms with Gasteiger partial charge in [0.05, 0.1) is 0 Å². The van der Waals surface area contributed by atoms with Crippen LogP contribution < -0.4 is 0 Å². The SMILES string of the molecule is CC(=O)CCCc1nc2ccccc2[se]1. The standard InChI is InChI=1S/C12H13NOSe/c1-9(14)5-4-8-12-13-10-6-2-3-7-11(10)15-12/h2-3,6-7H,4-5,8H2,1H3. The van der Waals surface area contributed by atoms with E-state index in [0.717, 1.165) is 18.4 Å². The predicted molar refractivity (Wildman–Crippen MR) is 62.3 cm³/mol. The van der Waals surface area contributed by atoms with Crippen molar-refractivity contribution in [2.75, 3.05) is 0 Å². The second kappa shape index (κ2) is 4.73. The van der Waals surface area contributed by atoms with Gasteiger partial charge in [-0.25, -0.2) is 0 Å². The zero-order valence-electron chi connectivity index (χ0n) is 8.69. The molecule has 1 aromatic heterocycles. The average molecular weight is 266 g/mol. The van der Waals surface area contributed by atoms with Crippen LogP contribution in [0.4, 0.5) is 0 Å². The third-order valence-electron chi connectivity index (χ3n) is 2.26. The molecule has 0 N–H and O–H groups in total. The summed E-state index contributed by atoms with van der Waals surface area (Å²) in [5.41, 5.74) is 1.13. The maximum absolute atomic E-state index is 10.8. The first kappa shape index (κ1) is 10.6. The number of rotatable bonds is 4. The first-order chi connectivity index (χ1) is 7.25. The van der Waals surface area contributed by atoms with E-state index in [4.69, 9.17) is 0 Å². The van der Waals surface area contributed by atoms with Crippen molar-refractivity contribution in [3.8, 4) is 0 Å². The Morgan fingerprint density at radius 2 is 2.20 bits per heavy atom. The van der Waals surface area contributed by atoms with Crippen molar-refractivity contribution in [2.45, 2.75) is 26.2 Å². The number of carbonyl (C=O) groups is 1. The molecule has 2 aromatic rings. The first-order valence-electron chi connectivity index (χ1n) is 5.09. The predicted octanol–water partition coefficient (Wildman–Crippen LogP) is 2.20. The van der Waals surface area contributed by atoms with Crippen molar-refractivity contribution < 1.29 is 4.79 Å². The molecule has 0 atom stereocenters. The van der Waals surface area contributed by atoms with Gasteiger partial charge in [-0.1, -0.05) is 0 Å². The van der Waals surface area contributed by atoms with Crippen LogP contribution in [-0.4, -0.2) is 25.3 Å². The van der Waals surface area contributed by atoms with Crippen molar-refractivity contribution in [3.05, 3.63) is 28.8 Å². The number of carbonyl (C=O) groups excluding carboxylic acids is 1. The Morgan fingerprint density at radius 3 is 2.93 bits per heavy atom. The third kappa shape index (κ3) is 2.77. The van der Waals surface area contributed by atoms with Crippen LogP contribution in [0.3, 0.4) is 0 Å². The number of hydrogen-bond donors (Lipinski definition) is 0. The van der Waals surface area contributed by atoms with E-state index in [0.29, 0.717) is 20.9 Å². The van der Waals surface area contributed by atoms with Gasteiger partial charge < -0.3 is 0 Å². The molecular formula is C12H13NOSe. The Kier molecular flexibility index (Phi) is 3.34. The van der Waals surface area contributed by atoms with Crippen LogP contribution in [-0.2, 0) is 11.2 Å². The van der Waals surface area contributed by atoms with E-state index in [-0.39, 0.29) is 5.78 Å². The Morgan fingerprint density at radius 1 is 1.40 bits per heavy atom. The number of benzene rings is 1. The molecule has 2 rings (SSSR count). The Hall–Kier alpha value is -0.921. The van der Waals surface area contributed by atoms with Crippen LogP contribution >= 0.6 is 0 Å². The summed E-state index contributed by atoms with van der Waals surface area (Å²) >= 11 is 0.396. The fourth-order valence-electron chi connectivity index (χ4n) is 1.52. The number of para-hydroxylation sites is 1. The van der Waals surface area contributed by atoms with Gasteiger partial charge in [0.2, 0.25) is 0 Å². The average Bonchev–Trinajstić information content (AvgIpc) is 2.59. The number of nitrogens with zero attached hydrogens (tertiary/aromatic N) is 1. The van der Waals surface area contributed by atoms with Gasteiger partial charge in [-0.15, -0.1) is 0 Å². The fraction of sp³-hybridized carbons (Fsp3) is 0.333. The van der Waals surface area contributed by atoms with Crippen LogP contribution in [0.2, 0.25) is 0 Å². The van der Waals surface area contributed by atoms with Crippen molar-refractivity contribution in [3.63, 3.8) is 0 Å². The molecular weight excluding hydrogens is 253 g/mol. The molecule has 3 heteroatoms. The summed E-state index contributed by atoms with van der Waals surface area (Å²) in [5, 5.41) is 0. The fourth-order valence-corrected chi connectivity index (χ4v) is 3.63. The summed E-state index contributed by atoms with van der Waals surface area (Å²) in [4.78, 5) is 15.4. The van der Waals surface area contributed by atoms with Crippen molar-refractivity contribution in [2.24, 2.45) is 0 Å². The molecule has 1 aromatic carbocycles. The maximum atomic E-state index is 10.8. The molecule has 1 heterocycles. The number of hydrogen-bond acceptors (Lipinski definition) is 2. The molecule has 0 aliphatic rings. The van der Waals surface area contributed by atoms with Crippen LogP contribution in [0.15, 0.2) is 24.3 Å². The molecule has 0 amide bonds. The summed E-state index contributed by atoms with van der Waals surface area (Å²) in [6.45, 7) is 1.65. The van der Waals surface area contributed by atoms with Crippen LogP contribution in [0.25, 0.3) is 9.78 Å². The molecule has 0 spiro atoms. The minimum absolute atomic E-state index is 0.276. The molecule has 78 valence electrons. The molecule has 2 nitrogen and oxygen atoms in total. The molecule has 0 aliphatic heterocycles. The van der Waals surface area contributed by atoms with E-state index in [2.05, 4.69) is 23.2 Å². The van der Waals surface area contributed by atoms with E-state index >= 15 is 0 Å². The summed E-state index contributed by atoms with van der Waals surface area (Å²) < 4.78 is 2.66. The van der Waals surface area contributed by atoms with Gasteiger partial charge in [-0.05, 0) is 0 Å². The molecule has 0 radical (unpaired) electrons. The Bertz CT molecular complexity index is 442. The number of aryl methyl sites for hydroxylation is 1. The quantitative estimate of drug-likeness (QED) is 0.794. The molecule has 15 heavy (non-hydrogen) atoms. The van der Waals surface area contributed by atoms with Crippen LogP contribution in [0.5, 0.6) is 0 Å². The van der Waals surface area contributed by atoms with E-state index in [1.54, 1.807) is 6.92 Å². The van der Waals surface area contributed by atoms with E-state index in [1.165, 1.54) is 8.83 Å². The van der Waals surface area contributed by atoms with Gasteiger partial charge in [0.25, 0.3) is 0 Å². The van der Waals surface area contributed by atoms with Crippen molar-refractivity contribution >= 4 is 30.1 Å². The number of aromatic nitrogens is 1. The van der Waals surface area contributed by atoms with Gasteiger partial charge in [0, 0.05) is 0 Å². The number of ketones is 1. The van der Waals surface area contributed by atoms with Crippen LogP contribution in [0, 0.1) is 0 Å².